The molecule has 0 saturated carbocycles. The Bertz CT molecular complexity index is 1710. The molecule has 1 atom stereocenters. The highest BCUT2D eigenvalue weighted by molar-refractivity contribution is 5.95. The van der Waals surface area contributed by atoms with Crippen molar-refractivity contribution in [3.05, 3.63) is 101 Å². The van der Waals surface area contributed by atoms with Crippen LogP contribution in [0.3, 0.4) is 0 Å². The van der Waals surface area contributed by atoms with Gasteiger partial charge in [-0.2, -0.15) is 5.10 Å². The van der Waals surface area contributed by atoms with E-state index >= 15 is 0 Å². The first-order valence-corrected chi connectivity index (χ1v) is 12.4. The lowest BCUT2D eigenvalue weighted by Gasteiger charge is -2.10. The van der Waals surface area contributed by atoms with E-state index in [1.165, 1.54) is 6.07 Å². The van der Waals surface area contributed by atoms with E-state index in [1.54, 1.807) is 12.3 Å². The van der Waals surface area contributed by atoms with Gasteiger partial charge in [0.1, 0.15) is 17.3 Å². The molecule has 0 bridgehead atoms. The molecular weight excluding hydrogens is 479 g/mol. The fourth-order valence-corrected chi connectivity index (χ4v) is 5.03. The second-order valence-corrected chi connectivity index (χ2v) is 9.97. The van der Waals surface area contributed by atoms with Crippen LogP contribution in [0.25, 0.3) is 39.1 Å². The minimum Gasteiger partial charge on any atom is -0.508 e. The van der Waals surface area contributed by atoms with E-state index in [4.69, 9.17) is 0 Å². The van der Waals surface area contributed by atoms with Crippen molar-refractivity contribution >= 4 is 16.5 Å². The smallest absolute Gasteiger partial charge is 0.127 e. The number of pyridine rings is 2. The summed E-state index contributed by atoms with van der Waals surface area (Å²) in [6.45, 7) is 2.90. The number of benzene rings is 1. The highest BCUT2D eigenvalue weighted by Gasteiger charge is 2.22. The average Bonchev–Trinajstić information content (AvgIpc) is 3.46. The van der Waals surface area contributed by atoms with Crippen LogP contribution in [0.4, 0.5) is 4.39 Å². The molecule has 8 heteroatoms. The number of hydrogen-bond donors (Lipinski definition) is 3. The third-order valence-electron chi connectivity index (χ3n) is 6.74. The summed E-state index contributed by atoms with van der Waals surface area (Å²) in [5, 5.41) is 18.7. The number of phenols is 1. The SMILES string of the molecule is CC1C=CC=C(c2cc(O)cc(F)c2)c2cc(-c3n[nH]c4cnc(-c5cncc(CN(C)C)c5)cc34)[nH]c21. The molecular formula is C30H27FN6O. The van der Waals surface area contributed by atoms with Gasteiger partial charge in [0.2, 0.25) is 0 Å². The Morgan fingerprint density at radius 2 is 1.89 bits per heavy atom. The first kappa shape index (κ1) is 23.8. The molecule has 1 unspecified atom stereocenters. The highest BCUT2D eigenvalue weighted by atomic mass is 19.1. The van der Waals surface area contributed by atoms with Crippen LogP contribution in [0, 0.1) is 5.82 Å². The minimum absolute atomic E-state index is 0.0996. The Balaban J connectivity index is 1.44. The molecule has 7 nitrogen and oxygen atoms in total. The van der Waals surface area contributed by atoms with Gasteiger partial charge in [0.15, 0.2) is 0 Å². The fraction of sp³-hybridized carbons (Fsp3) is 0.167. The van der Waals surface area contributed by atoms with Crippen LogP contribution in [0.2, 0.25) is 0 Å². The summed E-state index contributed by atoms with van der Waals surface area (Å²) in [6.07, 6.45) is 11.5. The number of halogens is 1. The predicted octanol–water partition coefficient (Wildman–Crippen LogP) is 6.03. The normalized spacial score (nSPS) is 15.1. The van der Waals surface area contributed by atoms with Crippen LogP contribution in [-0.4, -0.2) is 49.3 Å². The third kappa shape index (κ3) is 4.39. The molecule has 190 valence electrons. The van der Waals surface area contributed by atoms with Gasteiger partial charge in [-0.3, -0.25) is 15.1 Å². The second kappa shape index (κ2) is 9.39. The lowest BCUT2D eigenvalue weighted by molar-refractivity contribution is 0.402. The topological polar surface area (TPSA) is 93.7 Å². The van der Waals surface area contributed by atoms with E-state index in [2.05, 4.69) is 49.1 Å². The number of hydrogen-bond acceptors (Lipinski definition) is 5. The Morgan fingerprint density at radius 1 is 1.03 bits per heavy atom. The van der Waals surface area contributed by atoms with Crippen LogP contribution < -0.4 is 0 Å². The molecule has 4 aromatic heterocycles. The summed E-state index contributed by atoms with van der Waals surface area (Å²) in [6, 6.07) is 10.3. The zero-order valence-corrected chi connectivity index (χ0v) is 21.3. The van der Waals surface area contributed by atoms with E-state index in [-0.39, 0.29) is 11.7 Å². The molecule has 38 heavy (non-hydrogen) atoms. The number of rotatable bonds is 5. The van der Waals surface area contributed by atoms with Gasteiger partial charge in [-0.25, -0.2) is 4.39 Å². The number of H-pyrrole nitrogens is 2. The standard InChI is InChI=1S/C30H27FN6O/c1-17-5-4-6-23(19-8-21(31)10-22(38)9-19)24-11-27(34-29(17)24)30-25-12-26(33-15-28(25)35-36-30)20-7-18(13-32-14-20)16-37(2)3/h4-15,17,34,38H,16H2,1-3H3,(H,35,36). The number of aromatic amines is 2. The maximum absolute atomic E-state index is 14.2. The lowest BCUT2D eigenvalue weighted by Crippen LogP contribution is -2.10. The van der Waals surface area contributed by atoms with Gasteiger partial charge in [0.25, 0.3) is 0 Å². The van der Waals surface area contributed by atoms with Crippen molar-refractivity contribution in [3.8, 4) is 28.4 Å². The van der Waals surface area contributed by atoms with E-state index in [1.807, 2.05) is 50.8 Å². The van der Waals surface area contributed by atoms with E-state index in [0.717, 1.165) is 68.6 Å². The number of fused-ring (bicyclic) bond motifs is 2. The largest absolute Gasteiger partial charge is 0.508 e. The third-order valence-corrected chi connectivity index (χ3v) is 6.74. The van der Waals surface area contributed by atoms with Gasteiger partial charge < -0.3 is 15.0 Å². The zero-order chi connectivity index (χ0) is 26.4. The van der Waals surface area contributed by atoms with Crippen LogP contribution in [-0.2, 0) is 6.54 Å². The van der Waals surface area contributed by atoms with Crippen LogP contribution >= 0.6 is 0 Å². The summed E-state index contributed by atoms with van der Waals surface area (Å²) < 4.78 is 14.2. The average molecular weight is 507 g/mol. The molecule has 0 fully saturated rings. The molecule has 1 aromatic carbocycles. The number of allylic oxidation sites excluding steroid dienone is 3. The molecule has 6 rings (SSSR count). The Kier molecular flexibility index (Phi) is 5.88. The molecule has 1 aliphatic rings. The summed E-state index contributed by atoms with van der Waals surface area (Å²) >= 11 is 0. The fourth-order valence-electron chi connectivity index (χ4n) is 5.03. The minimum atomic E-state index is -0.484. The van der Waals surface area contributed by atoms with Crippen molar-refractivity contribution in [2.75, 3.05) is 14.1 Å². The zero-order valence-electron chi connectivity index (χ0n) is 21.3. The van der Waals surface area contributed by atoms with Crippen molar-refractivity contribution in [1.29, 1.82) is 0 Å². The van der Waals surface area contributed by atoms with Gasteiger partial charge in [0.05, 0.1) is 23.1 Å². The van der Waals surface area contributed by atoms with Gasteiger partial charge in [-0.05, 0) is 61.1 Å². The lowest BCUT2D eigenvalue weighted by atomic mass is 9.95. The maximum Gasteiger partial charge on any atom is 0.127 e. The number of aromatic hydroxyl groups is 1. The molecule has 4 heterocycles. The quantitative estimate of drug-likeness (QED) is 0.271. The number of nitrogens with one attached hydrogen (secondary N) is 2. The maximum atomic E-state index is 14.2. The van der Waals surface area contributed by atoms with Crippen molar-refractivity contribution < 1.29 is 9.50 Å². The van der Waals surface area contributed by atoms with Crippen molar-refractivity contribution in [2.24, 2.45) is 0 Å². The molecule has 0 radical (unpaired) electrons. The first-order valence-electron chi connectivity index (χ1n) is 12.4. The Labute approximate surface area is 219 Å². The molecule has 1 aliphatic carbocycles. The molecule has 0 aliphatic heterocycles. The molecule has 0 saturated heterocycles. The van der Waals surface area contributed by atoms with Gasteiger partial charge in [-0.1, -0.05) is 25.2 Å². The number of phenolic OH excluding ortho intramolecular Hbond substituents is 1. The first-order chi connectivity index (χ1) is 18.4. The Hall–Kier alpha value is -4.56. The van der Waals surface area contributed by atoms with Gasteiger partial charge in [0, 0.05) is 53.1 Å². The van der Waals surface area contributed by atoms with E-state index in [9.17, 15) is 9.50 Å². The number of aromatic nitrogens is 5. The second-order valence-electron chi connectivity index (χ2n) is 9.97. The van der Waals surface area contributed by atoms with Crippen LogP contribution in [0.15, 0.2) is 73.2 Å². The predicted molar refractivity (Wildman–Crippen MR) is 147 cm³/mol. The summed E-state index contributed by atoms with van der Waals surface area (Å²) in [5.41, 5.74) is 8.66. The van der Waals surface area contributed by atoms with Gasteiger partial charge >= 0.3 is 0 Å². The molecule has 0 spiro atoms. The van der Waals surface area contributed by atoms with E-state index in [0.29, 0.717) is 5.56 Å². The summed E-state index contributed by atoms with van der Waals surface area (Å²) in [4.78, 5) is 14.7. The monoisotopic (exact) mass is 506 g/mol. The summed E-state index contributed by atoms with van der Waals surface area (Å²) in [5.74, 6) is -0.494. The van der Waals surface area contributed by atoms with Crippen LogP contribution in [0.5, 0.6) is 5.75 Å². The van der Waals surface area contributed by atoms with Crippen LogP contribution in [0.1, 0.15) is 35.2 Å². The highest BCUT2D eigenvalue weighted by Crippen LogP contribution is 2.39. The van der Waals surface area contributed by atoms with Crippen molar-refractivity contribution in [3.63, 3.8) is 0 Å². The van der Waals surface area contributed by atoms with E-state index < -0.39 is 5.82 Å². The van der Waals surface area contributed by atoms with Crippen molar-refractivity contribution in [2.45, 2.75) is 19.4 Å². The number of nitrogens with zero attached hydrogens (tertiary/aromatic N) is 4. The molecule has 5 aromatic rings. The molecule has 0 amide bonds. The van der Waals surface area contributed by atoms with Crippen molar-refractivity contribution in [1.82, 2.24) is 30.0 Å². The summed E-state index contributed by atoms with van der Waals surface area (Å²) in [7, 11) is 4.06. The van der Waals surface area contributed by atoms with Gasteiger partial charge in [-0.15, -0.1) is 0 Å². The Morgan fingerprint density at radius 3 is 2.71 bits per heavy atom. The molecule has 3 N–H and O–H groups in total.